The summed E-state index contributed by atoms with van der Waals surface area (Å²) in [6.45, 7) is 11.0. The van der Waals surface area contributed by atoms with Gasteiger partial charge in [-0.3, -0.25) is 0 Å². The molecule has 0 aliphatic carbocycles. The molecule has 164 valence electrons. The zero-order valence-electron chi connectivity index (χ0n) is 17.4. The van der Waals surface area contributed by atoms with Crippen LogP contribution in [0.4, 0.5) is 11.6 Å². The van der Waals surface area contributed by atoms with Crippen molar-refractivity contribution in [1.82, 2.24) is 24.9 Å². The number of rotatable bonds is 5. The number of aromatic nitrogens is 4. The molecule has 3 aromatic rings. The molecule has 1 saturated heterocycles. The number of hydrogen-bond donors (Lipinski definition) is 1. The fourth-order valence-electron chi connectivity index (χ4n) is 3.67. The van der Waals surface area contributed by atoms with Gasteiger partial charge in [-0.1, -0.05) is 23.7 Å². The van der Waals surface area contributed by atoms with Crippen molar-refractivity contribution in [3.63, 3.8) is 0 Å². The van der Waals surface area contributed by atoms with Gasteiger partial charge in [0.15, 0.2) is 5.82 Å². The van der Waals surface area contributed by atoms with Crippen LogP contribution in [0.15, 0.2) is 30.3 Å². The third kappa shape index (κ3) is 4.75. The van der Waals surface area contributed by atoms with Crippen LogP contribution in [0.25, 0.3) is 17.2 Å². The zero-order chi connectivity index (χ0) is 19.7. The number of hydrogen-bond acceptors (Lipinski definition) is 6. The molecule has 4 rings (SSSR count). The molecule has 0 amide bonds. The average molecular weight is 473 g/mol. The van der Waals surface area contributed by atoms with Gasteiger partial charge in [-0.15, -0.1) is 29.9 Å². The minimum absolute atomic E-state index is 0. The van der Waals surface area contributed by atoms with Crippen LogP contribution in [-0.2, 0) is 0 Å². The molecule has 3 heterocycles. The van der Waals surface area contributed by atoms with Crippen molar-refractivity contribution in [1.29, 1.82) is 0 Å². The van der Waals surface area contributed by atoms with Crippen molar-refractivity contribution in [2.45, 2.75) is 26.8 Å². The Morgan fingerprint density at radius 1 is 1.17 bits per heavy atom. The van der Waals surface area contributed by atoms with Gasteiger partial charge < -0.3 is 15.1 Å². The highest BCUT2D eigenvalue weighted by Crippen LogP contribution is 2.28. The van der Waals surface area contributed by atoms with Crippen molar-refractivity contribution in [3.8, 4) is 11.4 Å². The van der Waals surface area contributed by atoms with E-state index in [4.69, 9.17) is 26.7 Å². The van der Waals surface area contributed by atoms with Crippen LogP contribution in [0.1, 0.15) is 20.8 Å². The Bertz CT molecular complexity index is 974. The van der Waals surface area contributed by atoms with Crippen molar-refractivity contribution in [2.75, 3.05) is 42.5 Å². The minimum Gasteiger partial charge on any atom is -0.357 e. The number of nitrogens with one attached hydrogen (secondary N) is 1. The van der Waals surface area contributed by atoms with E-state index in [-0.39, 0.29) is 24.8 Å². The molecule has 0 saturated carbocycles. The summed E-state index contributed by atoms with van der Waals surface area (Å²) in [7, 11) is 0. The van der Waals surface area contributed by atoms with Gasteiger partial charge in [0.1, 0.15) is 11.6 Å². The molecule has 1 aliphatic rings. The fraction of sp³-hybridized carbons (Fsp3) is 0.450. The van der Waals surface area contributed by atoms with E-state index in [9.17, 15) is 0 Å². The first kappa shape index (κ1) is 24.5. The van der Waals surface area contributed by atoms with Gasteiger partial charge in [0.2, 0.25) is 0 Å². The largest absolute Gasteiger partial charge is 0.357 e. The highest BCUT2D eigenvalue weighted by Gasteiger charge is 2.22. The van der Waals surface area contributed by atoms with E-state index in [0.717, 1.165) is 49.9 Å². The smallest absolute Gasteiger partial charge is 0.256 e. The van der Waals surface area contributed by atoms with Gasteiger partial charge in [0.05, 0.1) is 5.02 Å². The second-order valence-electron chi connectivity index (χ2n) is 7.07. The summed E-state index contributed by atoms with van der Waals surface area (Å²) in [5.74, 6) is 3.14. The minimum atomic E-state index is 0. The maximum Gasteiger partial charge on any atom is 0.256 e. The second-order valence-corrected chi connectivity index (χ2v) is 7.48. The highest BCUT2D eigenvalue weighted by molar-refractivity contribution is 6.33. The van der Waals surface area contributed by atoms with Crippen LogP contribution in [-0.4, -0.2) is 58.3 Å². The number of fused-ring (bicyclic) bond motifs is 1. The third-order valence-electron chi connectivity index (χ3n) is 5.17. The van der Waals surface area contributed by atoms with Gasteiger partial charge in [0.25, 0.3) is 5.78 Å². The zero-order valence-corrected chi connectivity index (χ0v) is 19.8. The van der Waals surface area contributed by atoms with Gasteiger partial charge in [-0.2, -0.15) is 14.5 Å². The normalized spacial score (nSPS) is 16.1. The van der Waals surface area contributed by atoms with Gasteiger partial charge in [0, 0.05) is 50.4 Å². The monoisotopic (exact) mass is 471 g/mol. The van der Waals surface area contributed by atoms with E-state index in [0.29, 0.717) is 22.7 Å². The topological polar surface area (TPSA) is 61.6 Å². The fourth-order valence-corrected chi connectivity index (χ4v) is 3.89. The SMILES string of the molecule is CCN(CC)c1cc(N2CCNC(C)C2)n2nc(-c3ccccc3Cl)nc2n1.Cl.Cl. The summed E-state index contributed by atoms with van der Waals surface area (Å²) in [4.78, 5) is 14.1. The van der Waals surface area contributed by atoms with Crippen LogP contribution in [0, 0.1) is 0 Å². The van der Waals surface area contributed by atoms with Crippen LogP contribution in [0.2, 0.25) is 5.02 Å². The first-order valence-electron chi connectivity index (χ1n) is 9.86. The number of nitrogens with zero attached hydrogens (tertiary/aromatic N) is 6. The molecule has 10 heteroatoms. The molecule has 1 aromatic carbocycles. The number of anilines is 2. The Morgan fingerprint density at radius 3 is 2.57 bits per heavy atom. The molecule has 0 bridgehead atoms. The van der Waals surface area contributed by atoms with Crippen LogP contribution in [0.3, 0.4) is 0 Å². The lowest BCUT2D eigenvalue weighted by atomic mass is 10.2. The maximum absolute atomic E-state index is 6.38. The predicted molar refractivity (Wildman–Crippen MR) is 129 cm³/mol. The summed E-state index contributed by atoms with van der Waals surface area (Å²) >= 11 is 6.38. The van der Waals surface area contributed by atoms with E-state index in [1.54, 1.807) is 0 Å². The van der Waals surface area contributed by atoms with Crippen LogP contribution < -0.4 is 15.1 Å². The average Bonchev–Trinajstić information content (AvgIpc) is 3.12. The van der Waals surface area contributed by atoms with Gasteiger partial charge in [-0.05, 0) is 32.9 Å². The summed E-state index contributed by atoms with van der Waals surface area (Å²) < 4.78 is 1.85. The van der Waals surface area contributed by atoms with E-state index < -0.39 is 0 Å². The first-order valence-corrected chi connectivity index (χ1v) is 10.2. The van der Waals surface area contributed by atoms with E-state index >= 15 is 0 Å². The van der Waals surface area contributed by atoms with Gasteiger partial charge >= 0.3 is 0 Å². The second kappa shape index (κ2) is 10.5. The quantitative estimate of drug-likeness (QED) is 0.607. The summed E-state index contributed by atoms with van der Waals surface area (Å²) in [5, 5.41) is 8.91. The Morgan fingerprint density at radius 2 is 1.90 bits per heavy atom. The highest BCUT2D eigenvalue weighted by atomic mass is 35.5. The van der Waals surface area contributed by atoms with Crippen LogP contribution >= 0.6 is 36.4 Å². The summed E-state index contributed by atoms with van der Waals surface area (Å²) in [6.07, 6.45) is 0. The Balaban J connectivity index is 0.00000160. The molecular formula is C20H28Cl3N7. The number of benzene rings is 1. The molecule has 0 radical (unpaired) electrons. The molecule has 2 aromatic heterocycles. The van der Waals surface area contributed by atoms with Crippen molar-refractivity contribution in [2.24, 2.45) is 0 Å². The Hall–Kier alpha value is -1.80. The lowest BCUT2D eigenvalue weighted by molar-refractivity contribution is 0.480. The molecular weight excluding hydrogens is 445 g/mol. The lowest BCUT2D eigenvalue weighted by Crippen LogP contribution is -2.50. The van der Waals surface area contributed by atoms with Crippen molar-refractivity contribution < 1.29 is 0 Å². The molecule has 30 heavy (non-hydrogen) atoms. The Kier molecular flexibility index (Phi) is 8.55. The molecule has 1 unspecified atom stereocenters. The Labute approximate surface area is 194 Å². The lowest BCUT2D eigenvalue weighted by Gasteiger charge is -2.34. The number of piperazine rings is 1. The first-order chi connectivity index (χ1) is 13.6. The molecule has 1 atom stereocenters. The summed E-state index contributed by atoms with van der Waals surface area (Å²) in [6, 6.07) is 10.2. The standard InChI is InChI=1S/C20H26ClN7.2ClH/c1-4-26(5-2)17-12-18(27-11-10-22-14(3)13-27)28-20(23-17)24-19(25-28)15-8-6-7-9-16(15)21;;/h6-9,12,14,22H,4-5,10-11,13H2,1-3H3;2*1H. The number of halogens is 3. The molecule has 1 N–H and O–H groups in total. The van der Waals surface area contributed by atoms with Crippen molar-refractivity contribution >= 4 is 53.8 Å². The summed E-state index contributed by atoms with van der Waals surface area (Å²) in [5.41, 5.74) is 0.818. The molecule has 0 spiro atoms. The van der Waals surface area contributed by atoms with E-state index in [1.165, 1.54) is 0 Å². The third-order valence-corrected chi connectivity index (χ3v) is 5.50. The van der Waals surface area contributed by atoms with Gasteiger partial charge in [-0.25, -0.2) is 0 Å². The van der Waals surface area contributed by atoms with E-state index in [1.807, 2.05) is 28.8 Å². The predicted octanol–water partition coefficient (Wildman–Crippen LogP) is 3.93. The molecule has 1 aliphatic heterocycles. The maximum atomic E-state index is 6.38. The van der Waals surface area contributed by atoms with E-state index in [2.05, 4.69) is 42.0 Å². The van der Waals surface area contributed by atoms with Crippen molar-refractivity contribution in [3.05, 3.63) is 35.4 Å². The molecule has 7 nitrogen and oxygen atoms in total. The van der Waals surface area contributed by atoms with Crippen LogP contribution in [0.5, 0.6) is 0 Å². The molecule has 1 fully saturated rings.